The lowest BCUT2D eigenvalue weighted by Crippen LogP contribution is -2.02. The number of hydrogen-bond donors (Lipinski definition) is 1. The smallest absolute Gasteiger partial charge is 0.123 e. The molecule has 0 aliphatic carbocycles. The van der Waals surface area contributed by atoms with Crippen molar-refractivity contribution in [2.75, 3.05) is 0 Å². The van der Waals surface area contributed by atoms with Gasteiger partial charge in [0.2, 0.25) is 0 Å². The second-order valence-electron chi connectivity index (χ2n) is 4.36. The normalized spacial score (nSPS) is 12.4. The molecular weight excluding hydrogens is 251 g/mol. The Morgan fingerprint density at radius 2 is 2.00 bits per heavy atom. The zero-order chi connectivity index (χ0) is 13.1. The minimum Gasteiger partial charge on any atom is -0.388 e. The predicted molar refractivity (Wildman–Crippen MR) is 71.3 cm³/mol. The highest BCUT2D eigenvalue weighted by molar-refractivity contribution is 6.31. The van der Waals surface area contributed by atoms with Crippen LogP contribution in [0, 0.1) is 12.7 Å². The summed E-state index contributed by atoms with van der Waals surface area (Å²) in [7, 11) is 0. The molecular formula is C15H14ClFO. The van der Waals surface area contributed by atoms with Gasteiger partial charge in [0.1, 0.15) is 5.82 Å². The molecule has 0 aromatic heterocycles. The quantitative estimate of drug-likeness (QED) is 0.886. The van der Waals surface area contributed by atoms with E-state index < -0.39 is 6.10 Å². The maximum atomic E-state index is 13.0. The molecule has 1 nitrogen and oxygen atoms in total. The maximum absolute atomic E-state index is 13.0. The Morgan fingerprint density at radius 3 is 2.67 bits per heavy atom. The number of aliphatic hydroxyl groups excluding tert-OH is 1. The molecule has 0 heterocycles. The summed E-state index contributed by atoms with van der Waals surface area (Å²) in [6.45, 7) is 1.89. The van der Waals surface area contributed by atoms with Gasteiger partial charge < -0.3 is 5.11 Å². The van der Waals surface area contributed by atoms with Crippen LogP contribution in [0.3, 0.4) is 0 Å². The average molecular weight is 265 g/mol. The molecule has 0 saturated heterocycles. The molecule has 0 fully saturated rings. The van der Waals surface area contributed by atoms with Crippen molar-refractivity contribution in [2.24, 2.45) is 0 Å². The van der Waals surface area contributed by atoms with Gasteiger partial charge in [-0.25, -0.2) is 4.39 Å². The zero-order valence-electron chi connectivity index (χ0n) is 10.0. The van der Waals surface area contributed by atoms with E-state index in [9.17, 15) is 9.50 Å². The first-order valence-corrected chi connectivity index (χ1v) is 6.12. The molecule has 0 radical (unpaired) electrons. The van der Waals surface area contributed by atoms with E-state index in [1.165, 1.54) is 12.1 Å². The molecule has 94 valence electrons. The fourth-order valence-corrected chi connectivity index (χ4v) is 2.00. The highest BCUT2D eigenvalue weighted by Gasteiger charge is 2.10. The fourth-order valence-electron chi connectivity index (χ4n) is 1.88. The third-order valence-corrected chi connectivity index (χ3v) is 3.31. The van der Waals surface area contributed by atoms with Crippen molar-refractivity contribution >= 4 is 11.6 Å². The van der Waals surface area contributed by atoms with Crippen molar-refractivity contribution in [3.05, 3.63) is 70.0 Å². The van der Waals surface area contributed by atoms with Crippen LogP contribution in [0.4, 0.5) is 4.39 Å². The second-order valence-corrected chi connectivity index (χ2v) is 4.77. The van der Waals surface area contributed by atoms with Crippen molar-refractivity contribution in [2.45, 2.75) is 19.4 Å². The lowest BCUT2D eigenvalue weighted by atomic mass is 10.00. The number of benzene rings is 2. The molecule has 2 aromatic carbocycles. The standard InChI is InChI=1S/C15H14ClFO/c1-10-7-12(5-6-14(10)16)15(18)9-11-3-2-4-13(17)8-11/h2-8,15,18H,9H2,1H3. The third kappa shape index (κ3) is 3.09. The summed E-state index contributed by atoms with van der Waals surface area (Å²) in [6, 6.07) is 11.7. The Hall–Kier alpha value is -1.38. The number of aryl methyl sites for hydroxylation is 1. The van der Waals surface area contributed by atoms with Crippen LogP contribution >= 0.6 is 11.6 Å². The summed E-state index contributed by atoms with van der Waals surface area (Å²) >= 11 is 5.94. The van der Waals surface area contributed by atoms with Crippen molar-refractivity contribution in [1.82, 2.24) is 0 Å². The lowest BCUT2D eigenvalue weighted by Gasteiger charge is -2.12. The van der Waals surface area contributed by atoms with Crippen LogP contribution in [0.5, 0.6) is 0 Å². The Morgan fingerprint density at radius 1 is 1.22 bits per heavy atom. The van der Waals surface area contributed by atoms with Crippen LogP contribution in [0.1, 0.15) is 22.8 Å². The summed E-state index contributed by atoms with van der Waals surface area (Å²) in [5, 5.41) is 10.8. The van der Waals surface area contributed by atoms with Gasteiger partial charge in [-0.2, -0.15) is 0 Å². The summed E-state index contributed by atoms with van der Waals surface area (Å²) in [4.78, 5) is 0. The molecule has 1 atom stereocenters. The van der Waals surface area contributed by atoms with Crippen molar-refractivity contribution in [1.29, 1.82) is 0 Å². The summed E-state index contributed by atoms with van der Waals surface area (Å²) in [5.74, 6) is -0.285. The highest BCUT2D eigenvalue weighted by atomic mass is 35.5. The lowest BCUT2D eigenvalue weighted by molar-refractivity contribution is 0.178. The van der Waals surface area contributed by atoms with E-state index in [-0.39, 0.29) is 5.82 Å². The number of rotatable bonds is 3. The van der Waals surface area contributed by atoms with Crippen LogP contribution in [-0.4, -0.2) is 5.11 Å². The van der Waals surface area contributed by atoms with E-state index in [1.807, 2.05) is 13.0 Å². The molecule has 0 spiro atoms. The van der Waals surface area contributed by atoms with E-state index in [4.69, 9.17) is 11.6 Å². The van der Waals surface area contributed by atoms with Crippen molar-refractivity contribution < 1.29 is 9.50 Å². The molecule has 0 bridgehead atoms. The molecule has 3 heteroatoms. The SMILES string of the molecule is Cc1cc(C(O)Cc2cccc(F)c2)ccc1Cl. The third-order valence-electron chi connectivity index (χ3n) is 2.88. The van der Waals surface area contributed by atoms with Crippen LogP contribution in [0.2, 0.25) is 5.02 Å². The average Bonchev–Trinajstić information content (AvgIpc) is 2.32. The van der Waals surface area contributed by atoms with Gasteiger partial charge >= 0.3 is 0 Å². The van der Waals surface area contributed by atoms with Crippen molar-refractivity contribution in [3.63, 3.8) is 0 Å². The predicted octanol–water partition coefficient (Wildman–Crippen LogP) is 4.06. The van der Waals surface area contributed by atoms with Gasteiger partial charge in [-0.3, -0.25) is 0 Å². The van der Waals surface area contributed by atoms with Crippen LogP contribution in [0.15, 0.2) is 42.5 Å². The highest BCUT2D eigenvalue weighted by Crippen LogP contribution is 2.23. The van der Waals surface area contributed by atoms with E-state index in [0.29, 0.717) is 11.4 Å². The minimum atomic E-state index is -0.650. The largest absolute Gasteiger partial charge is 0.388 e. The molecule has 1 N–H and O–H groups in total. The molecule has 18 heavy (non-hydrogen) atoms. The number of halogens is 2. The monoisotopic (exact) mass is 264 g/mol. The van der Waals surface area contributed by atoms with Gasteiger partial charge in [0.15, 0.2) is 0 Å². The van der Waals surface area contributed by atoms with Gasteiger partial charge in [-0.1, -0.05) is 35.9 Å². The topological polar surface area (TPSA) is 20.2 Å². The van der Waals surface area contributed by atoms with E-state index >= 15 is 0 Å². The van der Waals surface area contributed by atoms with Crippen LogP contribution < -0.4 is 0 Å². The Labute approximate surface area is 111 Å². The number of hydrogen-bond acceptors (Lipinski definition) is 1. The van der Waals surface area contributed by atoms with Gasteiger partial charge in [0.05, 0.1) is 6.10 Å². The fraction of sp³-hybridized carbons (Fsp3) is 0.200. The summed E-state index contributed by atoms with van der Waals surface area (Å²) in [5.41, 5.74) is 2.49. The number of aliphatic hydroxyl groups is 1. The molecule has 0 amide bonds. The first-order valence-electron chi connectivity index (χ1n) is 5.75. The van der Waals surface area contributed by atoms with Gasteiger partial charge in [-0.15, -0.1) is 0 Å². The van der Waals surface area contributed by atoms with Gasteiger partial charge in [-0.05, 0) is 41.8 Å². The first-order chi connectivity index (χ1) is 8.56. The molecule has 0 saturated carbocycles. The van der Waals surface area contributed by atoms with Crippen molar-refractivity contribution in [3.8, 4) is 0 Å². The molecule has 0 aliphatic heterocycles. The molecule has 2 rings (SSSR count). The maximum Gasteiger partial charge on any atom is 0.123 e. The van der Waals surface area contributed by atoms with Crippen LogP contribution in [0.25, 0.3) is 0 Å². The van der Waals surface area contributed by atoms with E-state index in [2.05, 4.69) is 0 Å². The van der Waals surface area contributed by atoms with Crippen LogP contribution in [-0.2, 0) is 6.42 Å². The van der Waals surface area contributed by atoms with Gasteiger partial charge in [0, 0.05) is 11.4 Å². The Bertz CT molecular complexity index is 554. The molecule has 0 aliphatic rings. The van der Waals surface area contributed by atoms with E-state index in [1.54, 1.807) is 24.3 Å². The zero-order valence-corrected chi connectivity index (χ0v) is 10.8. The minimum absolute atomic E-state index is 0.285. The Balaban J connectivity index is 2.16. The molecule has 2 aromatic rings. The summed E-state index contributed by atoms with van der Waals surface area (Å²) < 4.78 is 13.0. The molecule has 1 unspecified atom stereocenters. The first kappa shape index (κ1) is 13.1. The second kappa shape index (κ2) is 5.51. The van der Waals surface area contributed by atoms with E-state index in [0.717, 1.165) is 16.7 Å². The summed E-state index contributed by atoms with van der Waals surface area (Å²) in [6.07, 6.45) is -0.262. The Kier molecular flexibility index (Phi) is 4.00. The van der Waals surface area contributed by atoms with Gasteiger partial charge in [0.25, 0.3) is 0 Å².